The summed E-state index contributed by atoms with van der Waals surface area (Å²) in [5, 5.41) is 13.3. The van der Waals surface area contributed by atoms with E-state index >= 15 is 0 Å². The van der Waals surface area contributed by atoms with E-state index in [9.17, 15) is 9.90 Å². The maximum atomic E-state index is 11.8. The summed E-state index contributed by atoms with van der Waals surface area (Å²) in [6, 6.07) is 12.2. The zero-order valence-corrected chi connectivity index (χ0v) is 12.4. The van der Waals surface area contributed by atoms with Crippen molar-refractivity contribution in [3.63, 3.8) is 0 Å². The molecule has 102 valence electrons. The van der Waals surface area contributed by atoms with Gasteiger partial charge in [0.05, 0.1) is 10.7 Å². The van der Waals surface area contributed by atoms with Gasteiger partial charge in [0.2, 0.25) is 0 Å². The quantitative estimate of drug-likeness (QED) is 0.669. The van der Waals surface area contributed by atoms with Crippen molar-refractivity contribution in [2.75, 3.05) is 0 Å². The van der Waals surface area contributed by atoms with Crippen molar-refractivity contribution in [2.24, 2.45) is 5.10 Å². The molecular formula is C15H13BrN2O2. The molecule has 0 atom stereocenters. The number of carbonyl (C=O) groups is 1. The summed E-state index contributed by atoms with van der Waals surface area (Å²) in [4.78, 5) is 11.8. The fraction of sp³-hybridized carbons (Fsp3) is 0.0667. The molecule has 0 saturated heterocycles. The maximum Gasteiger partial charge on any atom is 0.271 e. The minimum atomic E-state index is -0.265. The van der Waals surface area contributed by atoms with Crippen molar-refractivity contribution >= 4 is 28.1 Å². The Morgan fingerprint density at radius 1 is 1.25 bits per heavy atom. The van der Waals surface area contributed by atoms with Gasteiger partial charge < -0.3 is 5.11 Å². The van der Waals surface area contributed by atoms with Crippen molar-refractivity contribution in [2.45, 2.75) is 6.92 Å². The molecule has 4 nitrogen and oxygen atoms in total. The molecule has 1 amide bonds. The van der Waals surface area contributed by atoms with E-state index in [-0.39, 0.29) is 11.7 Å². The fourth-order valence-corrected chi connectivity index (χ4v) is 1.93. The first kappa shape index (κ1) is 14.3. The molecule has 0 aliphatic heterocycles. The van der Waals surface area contributed by atoms with E-state index in [2.05, 4.69) is 26.5 Å². The van der Waals surface area contributed by atoms with Crippen LogP contribution in [0.2, 0.25) is 0 Å². The molecule has 2 rings (SSSR count). The number of nitrogens with one attached hydrogen (secondary N) is 1. The van der Waals surface area contributed by atoms with E-state index in [1.54, 1.807) is 30.3 Å². The molecular weight excluding hydrogens is 320 g/mol. The maximum absolute atomic E-state index is 11.8. The number of nitrogens with zero attached hydrogens (tertiary/aromatic N) is 1. The molecule has 20 heavy (non-hydrogen) atoms. The van der Waals surface area contributed by atoms with Crippen LogP contribution in [0, 0.1) is 6.92 Å². The third kappa shape index (κ3) is 3.68. The van der Waals surface area contributed by atoms with E-state index in [4.69, 9.17) is 0 Å². The molecule has 2 N–H and O–H groups in total. The Bertz CT molecular complexity index is 651. The number of hydrogen-bond donors (Lipinski definition) is 2. The Morgan fingerprint density at radius 3 is 2.60 bits per heavy atom. The molecule has 2 aromatic rings. The smallest absolute Gasteiger partial charge is 0.271 e. The first-order valence-electron chi connectivity index (χ1n) is 5.95. The Morgan fingerprint density at radius 2 is 1.95 bits per heavy atom. The van der Waals surface area contributed by atoms with Crippen molar-refractivity contribution in [3.05, 3.63) is 63.6 Å². The van der Waals surface area contributed by atoms with Gasteiger partial charge in [0.15, 0.2) is 0 Å². The van der Waals surface area contributed by atoms with Crippen molar-refractivity contribution in [1.82, 2.24) is 5.43 Å². The number of carbonyl (C=O) groups excluding carboxylic acids is 1. The SMILES string of the molecule is Cc1ccc(C(=O)NN=Cc2ccc(O)c(Br)c2)cc1. The lowest BCUT2D eigenvalue weighted by Gasteiger charge is -2.01. The number of rotatable bonds is 3. The van der Waals surface area contributed by atoms with Crippen LogP contribution in [0.3, 0.4) is 0 Å². The third-order valence-electron chi connectivity index (χ3n) is 2.67. The molecule has 0 unspecified atom stereocenters. The highest BCUT2D eigenvalue weighted by Crippen LogP contribution is 2.23. The van der Waals surface area contributed by atoms with Crippen molar-refractivity contribution in [1.29, 1.82) is 0 Å². The number of aryl methyl sites for hydroxylation is 1. The van der Waals surface area contributed by atoms with Crippen LogP contribution in [0.1, 0.15) is 21.5 Å². The second kappa shape index (κ2) is 6.34. The van der Waals surface area contributed by atoms with E-state index in [0.29, 0.717) is 10.0 Å². The summed E-state index contributed by atoms with van der Waals surface area (Å²) in [7, 11) is 0. The van der Waals surface area contributed by atoms with Gasteiger partial charge in [-0.2, -0.15) is 5.10 Å². The number of phenols is 1. The summed E-state index contributed by atoms with van der Waals surface area (Å²) < 4.78 is 0.575. The number of benzene rings is 2. The largest absolute Gasteiger partial charge is 0.507 e. The lowest BCUT2D eigenvalue weighted by molar-refractivity contribution is 0.0955. The first-order chi connectivity index (χ1) is 9.56. The molecule has 0 aromatic heterocycles. The van der Waals surface area contributed by atoms with Gasteiger partial charge in [-0.05, 0) is 58.7 Å². The van der Waals surface area contributed by atoms with Crippen LogP contribution in [-0.4, -0.2) is 17.2 Å². The lowest BCUT2D eigenvalue weighted by atomic mass is 10.1. The number of phenolic OH excluding ortho intramolecular Hbond substituents is 1. The average Bonchev–Trinajstić information content (AvgIpc) is 2.43. The van der Waals surface area contributed by atoms with Gasteiger partial charge in [0.1, 0.15) is 5.75 Å². The molecule has 0 heterocycles. The summed E-state index contributed by atoms with van der Waals surface area (Å²) >= 11 is 3.21. The summed E-state index contributed by atoms with van der Waals surface area (Å²) in [6.07, 6.45) is 1.51. The molecule has 0 spiro atoms. The Kier molecular flexibility index (Phi) is 4.53. The molecule has 0 aliphatic carbocycles. The van der Waals surface area contributed by atoms with E-state index in [1.807, 2.05) is 19.1 Å². The number of hydrogen-bond acceptors (Lipinski definition) is 3. The van der Waals surface area contributed by atoms with Gasteiger partial charge in [-0.15, -0.1) is 0 Å². The highest BCUT2D eigenvalue weighted by atomic mass is 79.9. The number of amides is 1. The molecule has 5 heteroatoms. The third-order valence-corrected chi connectivity index (χ3v) is 3.30. The second-order valence-corrected chi connectivity index (χ2v) is 5.13. The highest BCUT2D eigenvalue weighted by molar-refractivity contribution is 9.10. The molecule has 0 bridgehead atoms. The monoisotopic (exact) mass is 332 g/mol. The zero-order chi connectivity index (χ0) is 14.5. The van der Waals surface area contributed by atoms with Gasteiger partial charge in [-0.25, -0.2) is 5.43 Å². The van der Waals surface area contributed by atoms with Crippen LogP contribution in [0.5, 0.6) is 5.75 Å². The van der Waals surface area contributed by atoms with Crippen LogP contribution in [0.15, 0.2) is 52.0 Å². The molecule has 0 fully saturated rings. The van der Waals surface area contributed by atoms with Crippen molar-refractivity contribution in [3.8, 4) is 5.75 Å². The van der Waals surface area contributed by atoms with Crippen LogP contribution in [-0.2, 0) is 0 Å². The van der Waals surface area contributed by atoms with Gasteiger partial charge in [-0.1, -0.05) is 17.7 Å². The standard InChI is InChI=1S/C15H13BrN2O2/c1-10-2-5-12(6-3-10)15(20)18-17-9-11-4-7-14(19)13(16)8-11/h2-9,19H,1H3,(H,18,20). The number of hydrazone groups is 1. The fourth-order valence-electron chi connectivity index (χ4n) is 1.54. The Labute approximate surface area is 125 Å². The first-order valence-corrected chi connectivity index (χ1v) is 6.74. The molecule has 0 radical (unpaired) electrons. The zero-order valence-electron chi connectivity index (χ0n) is 10.8. The Hall–Kier alpha value is -2.14. The topological polar surface area (TPSA) is 61.7 Å². The lowest BCUT2D eigenvalue weighted by Crippen LogP contribution is -2.17. The van der Waals surface area contributed by atoms with E-state index < -0.39 is 0 Å². The van der Waals surface area contributed by atoms with Crippen LogP contribution >= 0.6 is 15.9 Å². The van der Waals surface area contributed by atoms with Crippen LogP contribution in [0.4, 0.5) is 0 Å². The summed E-state index contributed by atoms with van der Waals surface area (Å²) in [5.41, 5.74) is 4.87. The van der Waals surface area contributed by atoms with E-state index in [0.717, 1.165) is 11.1 Å². The molecule has 0 aliphatic rings. The normalized spacial score (nSPS) is 10.7. The number of halogens is 1. The van der Waals surface area contributed by atoms with Crippen LogP contribution in [0.25, 0.3) is 0 Å². The minimum absolute atomic E-state index is 0.158. The predicted molar refractivity (Wildman–Crippen MR) is 82.0 cm³/mol. The van der Waals surface area contributed by atoms with E-state index in [1.165, 1.54) is 6.21 Å². The van der Waals surface area contributed by atoms with Crippen molar-refractivity contribution < 1.29 is 9.90 Å². The summed E-state index contributed by atoms with van der Waals surface area (Å²) in [6.45, 7) is 1.96. The predicted octanol–water partition coefficient (Wildman–Crippen LogP) is 3.23. The van der Waals surface area contributed by atoms with Gasteiger partial charge in [0, 0.05) is 5.56 Å². The summed E-state index contributed by atoms with van der Waals surface area (Å²) in [5.74, 6) is -0.107. The number of aromatic hydroxyl groups is 1. The van der Waals surface area contributed by atoms with Gasteiger partial charge >= 0.3 is 0 Å². The highest BCUT2D eigenvalue weighted by Gasteiger charge is 2.02. The minimum Gasteiger partial charge on any atom is -0.507 e. The second-order valence-electron chi connectivity index (χ2n) is 4.28. The molecule has 0 saturated carbocycles. The average molecular weight is 333 g/mol. The Balaban J connectivity index is 2.00. The van der Waals surface area contributed by atoms with Gasteiger partial charge in [0.25, 0.3) is 5.91 Å². The molecule has 2 aromatic carbocycles. The van der Waals surface area contributed by atoms with Gasteiger partial charge in [-0.3, -0.25) is 4.79 Å². The van der Waals surface area contributed by atoms with Crippen LogP contribution < -0.4 is 5.43 Å².